The van der Waals surface area contributed by atoms with E-state index in [-0.39, 0.29) is 31.1 Å². The molecule has 0 bridgehead atoms. The number of hydrogen-bond acceptors (Lipinski definition) is 3. The molecule has 0 aromatic carbocycles. The molecule has 0 aromatic rings. The summed E-state index contributed by atoms with van der Waals surface area (Å²) in [7, 11) is 0. The number of hydrogen-bond donors (Lipinski definition) is 0. The van der Waals surface area contributed by atoms with Gasteiger partial charge < -0.3 is 14.4 Å². The molecule has 0 saturated carbocycles. The van der Waals surface area contributed by atoms with Crippen LogP contribution in [0, 0.1) is 0 Å². The van der Waals surface area contributed by atoms with E-state index in [4.69, 9.17) is 4.74 Å². The Morgan fingerprint density at radius 2 is 2.16 bits per heavy atom. The second kappa shape index (κ2) is 7.44. The Labute approximate surface area is 118 Å². The maximum atomic E-state index is 11.8. The zero-order chi connectivity index (χ0) is 14.5. The number of carbonyl (C=O) groups is 1. The van der Waals surface area contributed by atoms with E-state index in [2.05, 4.69) is 20.7 Å². The minimum atomic E-state index is -4.35. The van der Waals surface area contributed by atoms with Gasteiger partial charge in [0.1, 0.15) is 6.61 Å². The lowest BCUT2D eigenvalue weighted by Gasteiger charge is -2.36. The lowest BCUT2D eigenvalue weighted by Crippen LogP contribution is -2.49. The van der Waals surface area contributed by atoms with Gasteiger partial charge in [-0.1, -0.05) is 15.9 Å². The van der Waals surface area contributed by atoms with Gasteiger partial charge >= 0.3 is 6.18 Å². The zero-order valence-electron chi connectivity index (χ0n) is 10.6. The number of halogens is 4. The summed E-state index contributed by atoms with van der Waals surface area (Å²) in [6.07, 6.45) is -4.55. The molecule has 19 heavy (non-hydrogen) atoms. The number of rotatable bonds is 5. The second-order valence-corrected chi connectivity index (χ2v) is 5.09. The van der Waals surface area contributed by atoms with Crippen LogP contribution in [0.15, 0.2) is 0 Å². The Kier molecular flexibility index (Phi) is 6.55. The lowest BCUT2D eigenvalue weighted by molar-refractivity contribution is -0.175. The summed E-state index contributed by atoms with van der Waals surface area (Å²) >= 11 is 3.29. The van der Waals surface area contributed by atoms with Gasteiger partial charge in [-0.2, -0.15) is 13.2 Å². The molecule has 1 aliphatic heterocycles. The largest absolute Gasteiger partial charge is 0.411 e. The summed E-state index contributed by atoms with van der Waals surface area (Å²) in [6, 6.07) is 0. The first-order valence-electron chi connectivity index (χ1n) is 5.95. The van der Waals surface area contributed by atoms with Crippen molar-refractivity contribution in [2.24, 2.45) is 0 Å². The van der Waals surface area contributed by atoms with E-state index < -0.39 is 12.8 Å². The average molecular weight is 348 g/mol. The minimum absolute atomic E-state index is 0.0438. The number of morpholine rings is 1. The Morgan fingerprint density at radius 1 is 1.47 bits per heavy atom. The molecule has 0 aromatic heterocycles. The summed E-state index contributed by atoms with van der Waals surface area (Å²) in [4.78, 5) is 13.4. The van der Waals surface area contributed by atoms with E-state index in [1.54, 1.807) is 4.90 Å². The van der Waals surface area contributed by atoms with Gasteiger partial charge in [0.05, 0.1) is 25.2 Å². The molecule has 0 radical (unpaired) electrons. The summed E-state index contributed by atoms with van der Waals surface area (Å²) < 4.78 is 45.5. The van der Waals surface area contributed by atoms with Crippen molar-refractivity contribution < 1.29 is 27.4 Å². The van der Waals surface area contributed by atoms with Crippen LogP contribution >= 0.6 is 15.9 Å². The first-order valence-corrected chi connectivity index (χ1v) is 7.07. The van der Waals surface area contributed by atoms with Crippen LogP contribution < -0.4 is 0 Å². The first-order chi connectivity index (χ1) is 8.81. The van der Waals surface area contributed by atoms with Gasteiger partial charge in [0, 0.05) is 18.4 Å². The Bertz CT molecular complexity index is 301. The first kappa shape index (κ1) is 16.7. The number of carbonyl (C=O) groups excluding carboxylic acids is 1. The van der Waals surface area contributed by atoms with Crippen molar-refractivity contribution >= 4 is 21.8 Å². The molecule has 0 N–H and O–H groups in total. The van der Waals surface area contributed by atoms with Crippen molar-refractivity contribution in [3.8, 4) is 0 Å². The van der Waals surface area contributed by atoms with Gasteiger partial charge in [-0.05, 0) is 6.92 Å². The van der Waals surface area contributed by atoms with Crippen molar-refractivity contribution in [1.29, 1.82) is 0 Å². The normalized spacial score (nSPS) is 24.6. The van der Waals surface area contributed by atoms with Crippen molar-refractivity contribution in [2.45, 2.75) is 31.7 Å². The highest BCUT2D eigenvalue weighted by atomic mass is 79.9. The van der Waals surface area contributed by atoms with Gasteiger partial charge in [0.25, 0.3) is 0 Å². The molecule has 2 unspecified atom stereocenters. The molecular weight excluding hydrogens is 331 g/mol. The third-order valence-corrected chi connectivity index (χ3v) is 3.30. The molecule has 1 heterocycles. The van der Waals surface area contributed by atoms with Crippen molar-refractivity contribution in [2.75, 3.05) is 31.6 Å². The van der Waals surface area contributed by atoms with Crippen LogP contribution in [0.1, 0.15) is 13.3 Å². The topological polar surface area (TPSA) is 38.8 Å². The third-order valence-electron chi connectivity index (χ3n) is 2.58. The fourth-order valence-electron chi connectivity index (χ4n) is 1.84. The van der Waals surface area contributed by atoms with Crippen LogP contribution in [0.25, 0.3) is 0 Å². The molecule has 8 heteroatoms. The van der Waals surface area contributed by atoms with Crippen molar-refractivity contribution in [3.63, 3.8) is 0 Å². The zero-order valence-corrected chi connectivity index (χ0v) is 12.2. The van der Waals surface area contributed by atoms with E-state index in [1.165, 1.54) is 0 Å². The van der Waals surface area contributed by atoms with Gasteiger partial charge in [0.15, 0.2) is 0 Å². The molecular formula is C11H17BrF3NO3. The van der Waals surface area contributed by atoms with E-state index in [0.29, 0.717) is 18.4 Å². The molecule has 1 fully saturated rings. The predicted molar refractivity (Wildman–Crippen MR) is 66.2 cm³/mol. The number of alkyl halides is 4. The standard InChI is InChI=1S/C11H17BrF3NO3/c1-8-5-16(6-9(4-12)19-8)10(17)2-3-18-7-11(13,14)15/h8-9H,2-7H2,1H3. The fourth-order valence-corrected chi connectivity index (χ4v) is 2.20. The molecule has 1 amide bonds. The highest BCUT2D eigenvalue weighted by molar-refractivity contribution is 9.09. The molecule has 112 valence electrons. The van der Waals surface area contributed by atoms with Gasteiger partial charge in [0.2, 0.25) is 5.91 Å². The SMILES string of the molecule is CC1CN(C(=O)CCOCC(F)(F)F)CC(CBr)O1. The molecule has 1 aliphatic rings. The smallest absolute Gasteiger partial charge is 0.372 e. The summed E-state index contributed by atoms with van der Waals surface area (Å²) in [5, 5.41) is 0.617. The van der Waals surface area contributed by atoms with Crippen molar-refractivity contribution in [1.82, 2.24) is 4.90 Å². The minimum Gasteiger partial charge on any atom is -0.372 e. The van der Waals surface area contributed by atoms with E-state index in [9.17, 15) is 18.0 Å². The monoisotopic (exact) mass is 347 g/mol. The molecule has 2 atom stereocenters. The van der Waals surface area contributed by atoms with E-state index in [1.807, 2.05) is 6.92 Å². The molecule has 0 aliphatic carbocycles. The lowest BCUT2D eigenvalue weighted by atomic mass is 10.2. The van der Waals surface area contributed by atoms with E-state index >= 15 is 0 Å². The molecule has 1 saturated heterocycles. The van der Waals surface area contributed by atoms with Crippen LogP contribution in [0.3, 0.4) is 0 Å². The van der Waals surface area contributed by atoms with Crippen LogP contribution in [-0.4, -0.2) is 60.8 Å². The second-order valence-electron chi connectivity index (χ2n) is 4.44. The number of ether oxygens (including phenoxy) is 2. The molecule has 1 rings (SSSR count). The number of amides is 1. The van der Waals surface area contributed by atoms with Crippen LogP contribution in [0.5, 0.6) is 0 Å². The van der Waals surface area contributed by atoms with Crippen molar-refractivity contribution in [3.05, 3.63) is 0 Å². The number of nitrogens with zero attached hydrogens (tertiary/aromatic N) is 1. The Hall–Kier alpha value is -0.340. The average Bonchev–Trinajstić information content (AvgIpc) is 2.32. The van der Waals surface area contributed by atoms with Crippen LogP contribution in [-0.2, 0) is 14.3 Å². The predicted octanol–water partition coefficient (Wildman–Crippen LogP) is 1.97. The van der Waals surface area contributed by atoms with Crippen LogP contribution in [0.2, 0.25) is 0 Å². The van der Waals surface area contributed by atoms with Gasteiger partial charge in [-0.25, -0.2) is 0 Å². The highest BCUT2D eigenvalue weighted by Gasteiger charge is 2.29. The molecule has 4 nitrogen and oxygen atoms in total. The summed E-state index contributed by atoms with van der Waals surface area (Å²) in [5.41, 5.74) is 0. The summed E-state index contributed by atoms with van der Waals surface area (Å²) in [6.45, 7) is 1.23. The maximum Gasteiger partial charge on any atom is 0.411 e. The fraction of sp³-hybridized carbons (Fsp3) is 0.909. The van der Waals surface area contributed by atoms with Gasteiger partial charge in [-0.15, -0.1) is 0 Å². The highest BCUT2D eigenvalue weighted by Crippen LogP contribution is 2.16. The quantitative estimate of drug-likeness (QED) is 0.563. The molecule has 0 spiro atoms. The van der Waals surface area contributed by atoms with Crippen LogP contribution in [0.4, 0.5) is 13.2 Å². The van der Waals surface area contributed by atoms with E-state index in [0.717, 1.165) is 0 Å². The van der Waals surface area contributed by atoms with Gasteiger partial charge in [-0.3, -0.25) is 4.79 Å². The maximum absolute atomic E-state index is 11.8. The third kappa shape index (κ3) is 6.58. The Morgan fingerprint density at radius 3 is 2.74 bits per heavy atom. The Balaban J connectivity index is 2.28. The summed E-state index contributed by atoms with van der Waals surface area (Å²) in [5.74, 6) is -0.205.